The first kappa shape index (κ1) is 9.21. The summed E-state index contributed by atoms with van der Waals surface area (Å²) in [6.45, 7) is 4.34. The molecular weight excluding hydrogens is 178 g/mol. The predicted octanol–water partition coefficient (Wildman–Crippen LogP) is 1.46. The second-order valence-electron chi connectivity index (χ2n) is 3.56. The molecule has 74 valence electrons. The number of benzene rings is 1. The number of aliphatic hydroxyl groups excluding tert-OH is 1. The number of carbonyl (C=O) groups excluding carboxylic acids is 1. The summed E-state index contributed by atoms with van der Waals surface area (Å²) in [7, 11) is 0. The molecule has 1 aliphatic rings. The summed E-state index contributed by atoms with van der Waals surface area (Å²) in [4.78, 5) is 13.2. The quantitative estimate of drug-likeness (QED) is 0.730. The highest BCUT2D eigenvalue weighted by Crippen LogP contribution is 2.31. The Hall–Kier alpha value is -1.35. The molecule has 0 spiro atoms. The predicted molar refractivity (Wildman–Crippen MR) is 52.8 cm³/mol. The zero-order valence-electron chi connectivity index (χ0n) is 8.32. The van der Waals surface area contributed by atoms with Crippen molar-refractivity contribution in [2.24, 2.45) is 0 Å². The number of rotatable bonds is 1. The summed E-state index contributed by atoms with van der Waals surface area (Å²) in [5.41, 5.74) is 2.41. The van der Waals surface area contributed by atoms with E-state index in [4.69, 9.17) is 0 Å². The first-order valence-electron chi connectivity index (χ1n) is 4.74. The molecule has 1 amide bonds. The molecule has 1 aromatic rings. The van der Waals surface area contributed by atoms with Gasteiger partial charge in [-0.25, -0.2) is 0 Å². The molecule has 1 N–H and O–H groups in total. The van der Waals surface area contributed by atoms with E-state index in [2.05, 4.69) is 0 Å². The smallest absolute Gasteiger partial charge is 0.256 e. The Morgan fingerprint density at radius 2 is 2.21 bits per heavy atom. The van der Waals surface area contributed by atoms with Crippen molar-refractivity contribution in [2.45, 2.75) is 20.1 Å². The molecule has 0 saturated carbocycles. The highest BCUT2D eigenvalue weighted by atomic mass is 16.3. The summed E-state index contributed by atoms with van der Waals surface area (Å²) >= 11 is 0. The van der Waals surface area contributed by atoms with Gasteiger partial charge < -0.3 is 10.0 Å². The number of nitrogens with zero attached hydrogens (tertiary/aromatic N) is 1. The molecule has 1 aromatic carbocycles. The Labute approximate surface area is 83.0 Å². The minimum Gasteiger partial charge on any atom is -0.369 e. The Morgan fingerprint density at radius 3 is 2.86 bits per heavy atom. The molecule has 0 fully saturated rings. The minimum absolute atomic E-state index is 0.0706. The van der Waals surface area contributed by atoms with Crippen LogP contribution in [0.25, 0.3) is 0 Å². The van der Waals surface area contributed by atoms with Crippen molar-refractivity contribution in [3.8, 4) is 0 Å². The third-order valence-corrected chi connectivity index (χ3v) is 2.61. The Morgan fingerprint density at radius 1 is 1.50 bits per heavy atom. The fourth-order valence-corrected chi connectivity index (χ4v) is 1.83. The fourth-order valence-electron chi connectivity index (χ4n) is 1.83. The lowest BCUT2D eigenvalue weighted by molar-refractivity contribution is 0.0203. The average molecular weight is 191 g/mol. The number of amides is 1. The van der Waals surface area contributed by atoms with Crippen LogP contribution in [-0.4, -0.2) is 22.5 Å². The van der Waals surface area contributed by atoms with Crippen LogP contribution in [0.3, 0.4) is 0 Å². The van der Waals surface area contributed by atoms with Crippen LogP contribution in [0, 0.1) is 6.92 Å². The zero-order chi connectivity index (χ0) is 10.3. The van der Waals surface area contributed by atoms with Crippen LogP contribution >= 0.6 is 0 Å². The van der Waals surface area contributed by atoms with Crippen LogP contribution in [0.15, 0.2) is 18.2 Å². The highest BCUT2D eigenvalue weighted by Gasteiger charge is 2.33. The fraction of sp³-hybridized carbons (Fsp3) is 0.364. The molecule has 0 aromatic heterocycles. The second kappa shape index (κ2) is 3.10. The third-order valence-electron chi connectivity index (χ3n) is 2.61. The molecule has 1 atom stereocenters. The molecule has 3 nitrogen and oxygen atoms in total. The van der Waals surface area contributed by atoms with E-state index in [1.807, 2.05) is 32.0 Å². The number of aliphatic hydroxyl groups is 1. The van der Waals surface area contributed by atoms with Crippen molar-refractivity contribution in [1.82, 2.24) is 4.90 Å². The molecular formula is C11H13NO2. The molecule has 3 heteroatoms. The standard InChI is InChI=1S/C11H13NO2/c1-3-12-10(13)8-5-4-7(2)6-9(8)11(12)14/h4-6,10,13H,3H2,1-2H3. The summed E-state index contributed by atoms with van der Waals surface area (Å²) in [5, 5.41) is 9.81. The van der Waals surface area contributed by atoms with Gasteiger partial charge in [-0.15, -0.1) is 0 Å². The zero-order valence-corrected chi connectivity index (χ0v) is 8.32. The molecule has 1 unspecified atom stereocenters. The van der Waals surface area contributed by atoms with Crippen LogP contribution in [-0.2, 0) is 0 Å². The van der Waals surface area contributed by atoms with Gasteiger partial charge in [0, 0.05) is 17.7 Å². The van der Waals surface area contributed by atoms with E-state index in [9.17, 15) is 9.90 Å². The first-order chi connectivity index (χ1) is 6.65. The number of hydrogen-bond donors (Lipinski definition) is 1. The molecule has 0 aliphatic carbocycles. The van der Waals surface area contributed by atoms with Gasteiger partial charge in [-0.1, -0.05) is 17.7 Å². The van der Waals surface area contributed by atoms with Crippen LogP contribution in [0.1, 0.15) is 34.6 Å². The normalized spacial score (nSPS) is 20.1. The molecule has 14 heavy (non-hydrogen) atoms. The molecule has 0 bridgehead atoms. The van der Waals surface area contributed by atoms with E-state index in [-0.39, 0.29) is 5.91 Å². The van der Waals surface area contributed by atoms with Gasteiger partial charge in [0.1, 0.15) is 0 Å². The summed E-state index contributed by atoms with van der Waals surface area (Å²) in [6, 6.07) is 5.56. The van der Waals surface area contributed by atoms with Crippen molar-refractivity contribution < 1.29 is 9.90 Å². The summed E-state index contributed by atoms with van der Waals surface area (Å²) < 4.78 is 0. The molecule has 2 rings (SSSR count). The van der Waals surface area contributed by atoms with E-state index in [1.54, 1.807) is 0 Å². The first-order valence-corrected chi connectivity index (χ1v) is 4.74. The van der Waals surface area contributed by atoms with Gasteiger partial charge in [0.15, 0.2) is 6.23 Å². The van der Waals surface area contributed by atoms with Crippen LogP contribution in [0.2, 0.25) is 0 Å². The maximum Gasteiger partial charge on any atom is 0.256 e. The largest absolute Gasteiger partial charge is 0.369 e. The van der Waals surface area contributed by atoms with Gasteiger partial charge in [0.2, 0.25) is 0 Å². The monoisotopic (exact) mass is 191 g/mol. The van der Waals surface area contributed by atoms with Crippen molar-refractivity contribution in [3.05, 3.63) is 34.9 Å². The van der Waals surface area contributed by atoms with Crippen molar-refractivity contribution in [2.75, 3.05) is 6.54 Å². The Kier molecular flexibility index (Phi) is 2.04. The van der Waals surface area contributed by atoms with E-state index < -0.39 is 6.23 Å². The maximum atomic E-state index is 11.8. The van der Waals surface area contributed by atoms with Gasteiger partial charge in [0.05, 0.1) is 0 Å². The lowest BCUT2D eigenvalue weighted by Gasteiger charge is -2.17. The number of hydrogen-bond acceptors (Lipinski definition) is 2. The van der Waals surface area contributed by atoms with Gasteiger partial charge in [-0.2, -0.15) is 0 Å². The second-order valence-corrected chi connectivity index (χ2v) is 3.56. The topological polar surface area (TPSA) is 40.5 Å². The Balaban J connectivity index is 2.52. The number of fused-ring (bicyclic) bond motifs is 1. The van der Waals surface area contributed by atoms with E-state index in [0.717, 1.165) is 11.1 Å². The lowest BCUT2D eigenvalue weighted by atomic mass is 10.1. The summed E-state index contributed by atoms with van der Waals surface area (Å²) in [5.74, 6) is -0.0706. The molecule has 0 saturated heterocycles. The van der Waals surface area contributed by atoms with Crippen molar-refractivity contribution >= 4 is 5.91 Å². The highest BCUT2D eigenvalue weighted by molar-refractivity contribution is 5.99. The van der Waals surface area contributed by atoms with Gasteiger partial charge >= 0.3 is 0 Å². The third kappa shape index (κ3) is 1.13. The van der Waals surface area contributed by atoms with Gasteiger partial charge in [0.25, 0.3) is 5.91 Å². The molecule has 1 heterocycles. The average Bonchev–Trinajstić information content (AvgIpc) is 2.39. The summed E-state index contributed by atoms with van der Waals surface area (Å²) in [6.07, 6.45) is -0.761. The van der Waals surface area contributed by atoms with E-state index >= 15 is 0 Å². The van der Waals surface area contributed by atoms with E-state index in [0.29, 0.717) is 12.1 Å². The molecule has 1 aliphatic heterocycles. The number of aryl methyl sites for hydroxylation is 1. The van der Waals surface area contributed by atoms with Crippen LogP contribution in [0.4, 0.5) is 0 Å². The minimum atomic E-state index is -0.761. The van der Waals surface area contributed by atoms with Gasteiger partial charge in [-0.05, 0) is 19.9 Å². The van der Waals surface area contributed by atoms with Crippen LogP contribution in [0.5, 0.6) is 0 Å². The van der Waals surface area contributed by atoms with Crippen molar-refractivity contribution in [1.29, 1.82) is 0 Å². The lowest BCUT2D eigenvalue weighted by Crippen LogP contribution is -2.27. The van der Waals surface area contributed by atoms with Crippen LogP contribution < -0.4 is 0 Å². The van der Waals surface area contributed by atoms with Crippen molar-refractivity contribution in [3.63, 3.8) is 0 Å². The maximum absolute atomic E-state index is 11.8. The number of carbonyl (C=O) groups is 1. The molecule has 0 radical (unpaired) electrons. The Bertz CT molecular complexity index is 387. The van der Waals surface area contributed by atoms with Gasteiger partial charge in [-0.3, -0.25) is 4.79 Å². The SMILES string of the molecule is CCN1C(=O)c2cc(C)ccc2C1O. The van der Waals surface area contributed by atoms with E-state index in [1.165, 1.54) is 4.90 Å².